The Labute approximate surface area is 151 Å². The first kappa shape index (κ1) is 19.9. The van der Waals surface area contributed by atoms with Crippen molar-refractivity contribution in [2.75, 3.05) is 39.3 Å². The monoisotopic (exact) mass is 367 g/mol. The first-order chi connectivity index (χ1) is 11.8. The van der Waals surface area contributed by atoms with Gasteiger partial charge in [-0.2, -0.15) is 17.0 Å². The van der Waals surface area contributed by atoms with E-state index < -0.39 is 10.2 Å². The predicted octanol–water partition coefficient (Wildman–Crippen LogP) is 2.15. The van der Waals surface area contributed by atoms with Crippen LogP contribution in [-0.2, 0) is 10.2 Å². The third kappa shape index (κ3) is 4.40. The molecule has 7 heteroatoms. The molecule has 0 atom stereocenters. The van der Waals surface area contributed by atoms with E-state index in [0.29, 0.717) is 50.7 Å². The molecule has 1 aromatic carbocycles. The summed E-state index contributed by atoms with van der Waals surface area (Å²) < 4.78 is 28.0. The van der Waals surface area contributed by atoms with Crippen LogP contribution >= 0.6 is 0 Å². The van der Waals surface area contributed by atoms with Crippen LogP contribution in [0.4, 0.5) is 0 Å². The Morgan fingerprint density at radius 2 is 1.56 bits per heavy atom. The van der Waals surface area contributed by atoms with E-state index in [9.17, 15) is 13.2 Å². The molecule has 0 aliphatic carbocycles. The third-order valence-electron chi connectivity index (χ3n) is 4.71. The Kier molecular flexibility index (Phi) is 6.59. The zero-order chi connectivity index (χ0) is 18.6. The van der Waals surface area contributed by atoms with Crippen molar-refractivity contribution in [1.29, 1.82) is 0 Å². The van der Waals surface area contributed by atoms with Gasteiger partial charge in [-0.05, 0) is 23.6 Å². The van der Waals surface area contributed by atoms with Crippen LogP contribution in [0.15, 0.2) is 24.3 Å². The van der Waals surface area contributed by atoms with E-state index in [2.05, 4.69) is 13.8 Å². The van der Waals surface area contributed by atoms with Gasteiger partial charge in [0.1, 0.15) is 0 Å². The molecule has 1 aliphatic heterocycles. The Hall–Kier alpha value is -1.44. The molecule has 1 heterocycles. The summed E-state index contributed by atoms with van der Waals surface area (Å²) in [6, 6.07) is 7.69. The van der Waals surface area contributed by atoms with Crippen molar-refractivity contribution in [2.24, 2.45) is 0 Å². The fraction of sp³-hybridized carbons (Fsp3) is 0.611. The van der Waals surface area contributed by atoms with Gasteiger partial charge in [-0.3, -0.25) is 4.79 Å². The SMILES string of the molecule is CCN(CC)S(=O)(=O)N1CCN(C(=O)c2ccc(C(C)C)cc2)CC1. The number of carbonyl (C=O) groups excluding carboxylic acids is 1. The molecule has 1 aliphatic rings. The summed E-state index contributed by atoms with van der Waals surface area (Å²) >= 11 is 0. The van der Waals surface area contributed by atoms with Crippen LogP contribution in [0.2, 0.25) is 0 Å². The van der Waals surface area contributed by atoms with Crippen molar-refractivity contribution in [2.45, 2.75) is 33.6 Å². The summed E-state index contributed by atoms with van der Waals surface area (Å²) in [6.45, 7) is 10.3. The zero-order valence-corrected chi connectivity index (χ0v) is 16.4. The molecule has 0 aromatic heterocycles. The fourth-order valence-corrected chi connectivity index (χ4v) is 4.63. The highest BCUT2D eigenvalue weighted by Gasteiger charge is 2.32. The van der Waals surface area contributed by atoms with Gasteiger partial charge in [0.25, 0.3) is 16.1 Å². The van der Waals surface area contributed by atoms with E-state index in [1.807, 2.05) is 38.1 Å². The molecule has 2 rings (SSSR count). The fourth-order valence-electron chi connectivity index (χ4n) is 3.03. The average Bonchev–Trinajstić information content (AvgIpc) is 2.62. The molecule has 0 bridgehead atoms. The molecule has 25 heavy (non-hydrogen) atoms. The maximum absolute atomic E-state index is 12.6. The van der Waals surface area contributed by atoms with E-state index in [4.69, 9.17) is 0 Å². The summed E-state index contributed by atoms with van der Waals surface area (Å²) in [5, 5.41) is 0. The molecule has 6 nitrogen and oxygen atoms in total. The van der Waals surface area contributed by atoms with Gasteiger partial charge in [-0.15, -0.1) is 0 Å². The van der Waals surface area contributed by atoms with Crippen molar-refractivity contribution in [1.82, 2.24) is 13.5 Å². The van der Waals surface area contributed by atoms with Crippen molar-refractivity contribution in [3.05, 3.63) is 35.4 Å². The third-order valence-corrected chi connectivity index (χ3v) is 6.89. The van der Waals surface area contributed by atoms with Gasteiger partial charge >= 0.3 is 0 Å². The molecule has 0 radical (unpaired) electrons. The molecular formula is C18H29N3O3S. The lowest BCUT2D eigenvalue weighted by molar-refractivity contribution is 0.0694. The van der Waals surface area contributed by atoms with Crippen LogP contribution in [-0.4, -0.2) is 67.1 Å². The van der Waals surface area contributed by atoms with Crippen LogP contribution < -0.4 is 0 Å². The highest BCUT2D eigenvalue weighted by Crippen LogP contribution is 2.17. The summed E-state index contributed by atoms with van der Waals surface area (Å²) in [4.78, 5) is 14.4. The second-order valence-corrected chi connectivity index (χ2v) is 8.49. The van der Waals surface area contributed by atoms with Gasteiger partial charge in [0, 0.05) is 44.8 Å². The van der Waals surface area contributed by atoms with Gasteiger partial charge in [-0.1, -0.05) is 39.8 Å². The van der Waals surface area contributed by atoms with Crippen molar-refractivity contribution >= 4 is 16.1 Å². The number of hydrogen-bond donors (Lipinski definition) is 0. The minimum atomic E-state index is -3.42. The predicted molar refractivity (Wildman–Crippen MR) is 99.8 cm³/mol. The van der Waals surface area contributed by atoms with Crippen molar-refractivity contribution in [3.8, 4) is 0 Å². The van der Waals surface area contributed by atoms with E-state index >= 15 is 0 Å². The highest BCUT2D eigenvalue weighted by molar-refractivity contribution is 7.86. The molecule has 140 valence electrons. The zero-order valence-electron chi connectivity index (χ0n) is 15.6. The lowest BCUT2D eigenvalue weighted by atomic mass is 10.0. The van der Waals surface area contributed by atoms with E-state index in [1.54, 1.807) is 4.90 Å². The van der Waals surface area contributed by atoms with Crippen molar-refractivity contribution in [3.63, 3.8) is 0 Å². The molecule has 1 fully saturated rings. The normalized spacial score (nSPS) is 16.6. The van der Waals surface area contributed by atoms with Crippen molar-refractivity contribution < 1.29 is 13.2 Å². The highest BCUT2D eigenvalue weighted by atomic mass is 32.2. The second kappa shape index (κ2) is 8.29. The first-order valence-electron chi connectivity index (χ1n) is 8.95. The van der Waals surface area contributed by atoms with Crippen LogP contribution in [0.5, 0.6) is 0 Å². The number of benzene rings is 1. The molecule has 1 amide bonds. The molecule has 0 saturated carbocycles. The number of amides is 1. The van der Waals surface area contributed by atoms with Crippen LogP contribution in [0.1, 0.15) is 49.5 Å². The molecule has 1 saturated heterocycles. The number of carbonyl (C=O) groups is 1. The smallest absolute Gasteiger partial charge is 0.282 e. The van der Waals surface area contributed by atoms with E-state index in [-0.39, 0.29) is 5.91 Å². The molecular weight excluding hydrogens is 338 g/mol. The quantitative estimate of drug-likeness (QED) is 0.774. The Morgan fingerprint density at radius 3 is 2.00 bits per heavy atom. The molecule has 0 spiro atoms. The number of nitrogens with zero attached hydrogens (tertiary/aromatic N) is 3. The van der Waals surface area contributed by atoms with Crippen LogP contribution in [0.25, 0.3) is 0 Å². The number of hydrogen-bond acceptors (Lipinski definition) is 3. The standard InChI is InChI=1S/C18H29N3O3S/c1-5-20(6-2)25(23,24)21-13-11-19(12-14-21)18(22)17-9-7-16(8-10-17)15(3)4/h7-10,15H,5-6,11-14H2,1-4H3. The van der Waals surface area contributed by atoms with Crippen LogP contribution in [0.3, 0.4) is 0 Å². The molecule has 0 unspecified atom stereocenters. The Bertz CT molecular complexity index is 674. The molecule has 0 N–H and O–H groups in total. The number of piperazine rings is 1. The summed E-state index contributed by atoms with van der Waals surface area (Å²) in [7, 11) is -3.42. The molecule has 1 aromatic rings. The van der Waals surface area contributed by atoms with Crippen LogP contribution in [0, 0.1) is 0 Å². The average molecular weight is 368 g/mol. The maximum atomic E-state index is 12.6. The van der Waals surface area contributed by atoms with Gasteiger partial charge in [-0.25, -0.2) is 0 Å². The number of rotatable bonds is 6. The van der Waals surface area contributed by atoms with Gasteiger partial charge in [0.2, 0.25) is 0 Å². The second-order valence-electron chi connectivity index (χ2n) is 6.56. The topological polar surface area (TPSA) is 60.9 Å². The van der Waals surface area contributed by atoms with E-state index in [0.717, 1.165) is 0 Å². The summed E-state index contributed by atoms with van der Waals surface area (Å²) in [6.07, 6.45) is 0. The Balaban J connectivity index is 2.01. The van der Waals surface area contributed by atoms with Gasteiger partial charge < -0.3 is 4.90 Å². The summed E-state index contributed by atoms with van der Waals surface area (Å²) in [5.74, 6) is 0.396. The lowest BCUT2D eigenvalue weighted by Gasteiger charge is -2.36. The Morgan fingerprint density at radius 1 is 1.04 bits per heavy atom. The largest absolute Gasteiger partial charge is 0.336 e. The maximum Gasteiger partial charge on any atom is 0.282 e. The minimum Gasteiger partial charge on any atom is -0.336 e. The minimum absolute atomic E-state index is 0.0322. The van der Waals surface area contributed by atoms with E-state index in [1.165, 1.54) is 14.2 Å². The summed E-state index contributed by atoms with van der Waals surface area (Å²) in [5.41, 5.74) is 1.86. The first-order valence-corrected chi connectivity index (χ1v) is 10.3. The van der Waals surface area contributed by atoms with Gasteiger partial charge in [0.15, 0.2) is 0 Å². The lowest BCUT2D eigenvalue weighted by Crippen LogP contribution is -2.54. The van der Waals surface area contributed by atoms with Gasteiger partial charge in [0.05, 0.1) is 0 Å².